The molecule has 2 aliphatic heterocycles. The van der Waals surface area contributed by atoms with Gasteiger partial charge in [0.2, 0.25) is 0 Å². The van der Waals surface area contributed by atoms with Crippen LogP contribution in [0.2, 0.25) is 0 Å². The maximum Gasteiger partial charge on any atom is 0.336 e. The van der Waals surface area contributed by atoms with E-state index in [2.05, 4.69) is 21.7 Å². The summed E-state index contributed by atoms with van der Waals surface area (Å²) in [5.41, 5.74) is 2.69. The zero-order valence-electron chi connectivity index (χ0n) is 13.9. The Morgan fingerprint density at radius 2 is 2.04 bits per heavy atom. The number of nitrogens with zero attached hydrogens (tertiary/aromatic N) is 2. The summed E-state index contributed by atoms with van der Waals surface area (Å²) in [6, 6.07) is 7.46. The first-order valence-corrected chi connectivity index (χ1v) is 9.47. The van der Waals surface area contributed by atoms with Gasteiger partial charge in [0.15, 0.2) is 0 Å². The van der Waals surface area contributed by atoms with Gasteiger partial charge in [0, 0.05) is 32.2 Å². The molecule has 0 atom stereocenters. The predicted molar refractivity (Wildman–Crippen MR) is 95.9 cm³/mol. The third kappa shape index (κ3) is 3.07. The van der Waals surface area contributed by atoms with E-state index in [0.29, 0.717) is 12.1 Å². The van der Waals surface area contributed by atoms with Gasteiger partial charge in [-0.2, -0.15) is 11.3 Å². The number of fused-ring (bicyclic) bond motifs is 1. The highest BCUT2D eigenvalue weighted by Gasteiger charge is 2.36. The minimum Gasteiger partial charge on any atom is -0.478 e. The predicted octanol–water partition coefficient (Wildman–Crippen LogP) is 3.07. The zero-order valence-corrected chi connectivity index (χ0v) is 14.7. The molecule has 2 aliphatic rings. The number of carboxylic acids is 1. The number of carbonyl (C=O) groups excluding carboxylic acids is 1. The number of likely N-dealkylation sites (tertiary alicyclic amines) is 1. The molecule has 6 heteroatoms. The Morgan fingerprint density at radius 1 is 1.24 bits per heavy atom. The highest BCUT2D eigenvalue weighted by atomic mass is 32.1. The fourth-order valence-electron chi connectivity index (χ4n) is 3.89. The summed E-state index contributed by atoms with van der Waals surface area (Å²) in [4.78, 5) is 28.5. The standard InChI is InChI=1S/C19H20N2O3S/c22-18-17-14(2-1-3-16(17)19(23)24)11-21(18)15-4-7-20(8-5-15)10-13-6-9-25-12-13/h1-3,6,9,12,15H,4-5,7-8,10-11H2,(H,23,24). The molecule has 4 rings (SSSR count). The van der Waals surface area contributed by atoms with Crippen LogP contribution in [-0.2, 0) is 13.1 Å². The Hall–Kier alpha value is -2.18. The minimum absolute atomic E-state index is 0.121. The van der Waals surface area contributed by atoms with Crippen LogP contribution in [0.15, 0.2) is 35.0 Å². The average molecular weight is 356 g/mol. The van der Waals surface area contributed by atoms with Crippen molar-refractivity contribution in [3.63, 3.8) is 0 Å². The lowest BCUT2D eigenvalue weighted by molar-refractivity contribution is 0.0580. The van der Waals surface area contributed by atoms with Crippen molar-refractivity contribution in [2.24, 2.45) is 0 Å². The number of thiophene rings is 1. The number of aromatic carboxylic acids is 1. The van der Waals surface area contributed by atoms with Crippen LogP contribution in [0.3, 0.4) is 0 Å². The van der Waals surface area contributed by atoms with Crippen molar-refractivity contribution in [3.05, 3.63) is 57.3 Å². The van der Waals surface area contributed by atoms with Gasteiger partial charge in [-0.3, -0.25) is 9.69 Å². The van der Waals surface area contributed by atoms with E-state index in [0.717, 1.165) is 38.0 Å². The highest BCUT2D eigenvalue weighted by Crippen LogP contribution is 2.31. The van der Waals surface area contributed by atoms with E-state index in [1.54, 1.807) is 17.4 Å². The first-order chi connectivity index (χ1) is 12.1. The smallest absolute Gasteiger partial charge is 0.336 e. The normalized spacial score (nSPS) is 18.6. The maximum atomic E-state index is 12.8. The molecule has 130 valence electrons. The van der Waals surface area contributed by atoms with Crippen LogP contribution in [0.5, 0.6) is 0 Å². The molecule has 1 N–H and O–H groups in total. The van der Waals surface area contributed by atoms with Gasteiger partial charge in [0.1, 0.15) is 0 Å². The lowest BCUT2D eigenvalue weighted by Crippen LogP contribution is -2.44. The number of carboxylic acid groups (broad SMARTS) is 1. The van der Waals surface area contributed by atoms with Crippen LogP contribution in [0.4, 0.5) is 0 Å². The Kier molecular flexibility index (Phi) is 4.31. The molecular weight excluding hydrogens is 336 g/mol. The molecule has 0 radical (unpaired) electrons. The number of hydrogen-bond acceptors (Lipinski definition) is 4. The van der Waals surface area contributed by atoms with E-state index in [4.69, 9.17) is 0 Å². The van der Waals surface area contributed by atoms with E-state index in [9.17, 15) is 14.7 Å². The molecule has 0 aliphatic carbocycles. The van der Waals surface area contributed by atoms with Gasteiger partial charge in [-0.25, -0.2) is 4.79 Å². The zero-order chi connectivity index (χ0) is 17.4. The third-order valence-electron chi connectivity index (χ3n) is 5.18. The molecule has 0 bridgehead atoms. The van der Waals surface area contributed by atoms with Crippen molar-refractivity contribution >= 4 is 23.2 Å². The van der Waals surface area contributed by atoms with Crippen molar-refractivity contribution in [1.82, 2.24) is 9.80 Å². The Labute approximate surface area is 150 Å². The molecule has 2 aromatic rings. The third-order valence-corrected chi connectivity index (χ3v) is 5.91. The fourth-order valence-corrected chi connectivity index (χ4v) is 4.55. The van der Waals surface area contributed by atoms with E-state index in [1.807, 2.05) is 11.0 Å². The Balaban J connectivity index is 1.43. The molecule has 1 saturated heterocycles. The topological polar surface area (TPSA) is 60.9 Å². The first kappa shape index (κ1) is 16.3. The van der Waals surface area contributed by atoms with Gasteiger partial charge in [0.25, 0.3) is 5.91 Å². The number of amides is 1. The molecule has 0 unspecified atom stereocenters. The molecule has 1 aromatic carbocycles. The molecular formula is C19H20N2O3S. The molecule has 0 saturated carbocycles. The van der Waals surface area contributed by atoms with E-state index >= 15 is 0 Å². The van der Waals surface area contributed by atoms with Crippen molar-refractivity contribution in [2.45, 2.75) is 32.0 Å². The Morgan fingerprint density at radius 3 is 2.72 bits per heavy atom. The number of carbonyl (C=O) groups is 2. The van der Waals surface area contributed by atoms with E-state index < -0.39 is 5.97 Å². The average Bonchev–Trinajstić information content (AvgIpc) is 3.24. The van der Waals surface area contributed by atoms with Crippen LogP contribution in [0.1, 0.15) is 44.7 Å². The lowest BCUT2D eigenvalue weighted by Gasteiger charge is -2.36. The number of hydrogen-bond donors (Lipinski definition) is 1. The van der Waals surface area contributed by atoms with Gasteiger partial charge in [-0.05, 0) is 46.9 Å². The quantitative estimate of drug-likeness (QED) is 0.915. The summed E-state index contributed by atoms with van der Waals surface area (Å²) in [6.45, 7) is 3.43. The number of rotatable bonds is 4. The minimum atomic E-state index is -1.03. The highest BCUT2D eigenvalue weighted by molar-refractivity contribution is 7.07. The molecule has 1 fully saturated rings. The number of benzene rings is 1. The Bertz CT molecular complexity index is 795. The van der Waals surface area contributed by atoms with Crippen molar-refractivity contribution < 1.29 is 14.7 Å². The van der Waals surface area contributed by atoms with Crippen LogP contribution in [0.25, 0.3) is 0 Å². The monoisotopic (exact) mass is 356 g/mol. The summed E-state index contributed by atoms with van der Waals surface area (Å²) in [7, 11) is 0. The summed E-state index contributed by atoms with van der Waals surface area (Å²) in [5.74, 6) is -1.15. The second kappa shape index (κ2) is 6.61. The van der Waals surface area contributed by atoms with E-state index in [-0.39, 0.29) is 17.5 Å². The summed E-state index contributed by atoms with van der Waals surface area (Å²) in [6.07, 6.45) is 1.87. The molecule has 25 heavy (non-hydrogen) atoms. The van der Waals surface area contributed by atoms with Crippen LogP contribution in [0, 0.1) is 0 Å². The van der Waals surface area contributed by atoms with Crippen molar-refractivity contribution in [2.75, 3.05) is 13.1 Å². The molecule has 1 amide bonds. The van der Waals surface area contributed by atoms with Gasteiger partial charge < -0.3 is 10.0 Å². The number of piperidine rings is 1. The molecule has 5 nitrogen and oxygen atoms in total. The van der Waals surface area contributed by atoms with Crippen LogP contribution in [-0.4, -0.2) is 45.9 Å². The SMILES string of the molecule is O=C(O)c1cccc2c1C(=O)N(C1CCN(Cc3ccsc3)CC1)C2. The largest absolute Gasteiger partial charge is 0.478 e. The first-order valence-electron chi connectivity index (χ1n) is 8.53. The second-order valence-corrected chi connectivity index (χ2v) is 7.50. The van der Waals surface area contributed by atoms with Gasteiger partial charge >= 0.3 is 5.97 Å². The van der Waals surface area contributed by atoms with Gasteiger partial charge in [0.05, 0.1) is 11.1 Å². The molecule has 0 spiro atoms. The van der Waals surface area contributed by atoms with Crippen molar-refractivity contribution in [3.8, 4) is 0 Å². The summed E-state index contributed by atoms with van der Waals surface area (Å²) in [5, 5.41) is 13.6. The summed E-state index contributed by atoms with van der Waals surface area (Å²) < 4.78 is 0. The van der Waals surface area contributed by atoms with Crippen LogP contribution >= 0.6 is 11.3 Å². The van der Waals surface area contributed by atoms with E-state index in [1.165, 1.54) is 11.6 Å². The van der Waals surface area contributed by atoms with Gasteiger partial charge in [-0.1, -0.05) is 12.1 Å². The molecule has 1 aromatic heterocycles. The second-order valence-electron chi connectivity index (χ2n) is 6.72. The van der Waals surface area contributed by atoms with Gasteiger partial charge in [-0.15, -0.1) is 0 Å². The fraction of sp³-hybridized carbons (Fsp3) is 0.368. The lowest BCUT2D eigenvalue weighted by atomic mass is 10.0. The molecule has 3 heterocycles. The van der Waals surface area contributed by atoms with Crippen molar-refractivity contribution in [1.29, 1.82) is 0 Å². The van der Waals surface area contributed by atoms with Crippen LogP contribution < -0.4 is 0 Å². The maximum absolute atomic E-state index is 12.8. The summed E-state index contributed by atoms with van der Waals surface area (Å²) >= 11 is 1.72.